The largest absolute Gasteiger partial charge is 0.493 e. The Morgan fingerprint density at radius 3 is 2.76 bits per heavy atom. The Bertz CT molecular complexity index is 758. The highest BCUT2D eigenvalue weighted by Gasteiger charge is 2.12. The minimum Gasteiger partial charge on any atom is -0.493 e. The van der Waals surface area contributed by atoms with Crippen molar-refractivity contribution >= 4 is 23.0 Å². The predicted molar refractivity (Wildman–Crippen MR) is 83.8 cm³/mol. The molecular formula is C15H15N3O2S. The second-order valence-corrected chi connectivity index (χ2v) is 5.27. The van der Waals surface area contributed by atoms with Crippen LogP contribution in [0.15, 0.2) is 42.9 Å². The van der Waals surface area contributed by atoms with Gasteiger partial charge < -0.3 is 9.47 Å². The fraction of sp³-hybridized carbons (Fsp3) is 0.200. The van der Waals surface area contributed by atoms with Crippen molar-refractivity contribution in [3.05, 3.63) is 48.5 Å². The molecular weight excluding hydrogens is 286 g/mol. The molecule has 0 aliphatic rings. The first kappa shape index (κ1) is 13.8. The third kappa shape index (κ3) is 2.67. The number of aromatic nitrogens is 3. The van der Waals surface area contributed by atoms with Gasteiger partial charge >= 0.3 is 0 Å². The maximum Gasteiger partial charge on any atom is 0.183 e. The number of pyridine rings is 1. The van der Waals surface area contributed by atoms with Gasteiger partial charge in [0, 0.05) is 12.3 Å². The molecule has 0 radical (unpaired) electrons. The first-order valence-electron chi connectivity index (χ1n) is 6.44. The van der Waals surface area contributed by atoms with Crippen molar-refractivity contribution in [2.45, 2.75) is 5.75 Å². The van der Waals surface area contributed by atoms with Gasteiger partial charge in [0.25, 0.3) is 0 Å². The zero-order valence-electron chi connectivity index (χ0n) is 11.8. The van der Waals surface area contributed by atoms with Crippen LogP contribution >= 0.6 is 11.9 Å². The molecule has 6 heteroatoms. The number of ether oxygens (including phenoxy) is 2. The fourth-order valence-electron chi connectivity index (χ4n) is 2.12. The molecule has 0 amide bonds. The van der Waals surface area contributed by atoms with Crippen LogP contribution in [0.5, 0.6) is 11.5 Å². The SMILES string of the molecule is COc1ccnc(CSn2cnc3ccccc32)c1OC. The minimum atomic E-state index is 0.667. The molecule has 1 aromatic carbocycles. The Balaban J connectivity index is 1.85. The summed E-state index contributed by atoms with van der Waals surface area (Å²) in [6.07, 6.45) is 3.55. The normalized spacial score (nSPS) is 10.8. The molecule has 108 valence electrons. The maximum atomic E-state index is 5.40. The monoisotopic (exact) mass is 301 g/mol. The number of methoxy groups -OCH3 is 2. The third-order valence-corrected chi connectivity index (χ3v) is 4.10. The number of hydrogen-bond donors (Lipinski definition) is 0. The van der Waals surface area contributed by atoms with Gasteiger partial charge in [-0.15, -0.1) is 0 Å². The lowest BCUT2D eigenvalue weighted by molar-refractivity contribution is 0.350. The quantitative estimate of drug-likeness (QED) is 0.724. The van der Waals surface area contributed by atoms with Crippen LogP contribution in [0.25, 0.3) is 11.0 Å². The first-order valence-corrected chi connectivity index (χ1v) is 7.39. The van der Waals surface area contributed by atoms with Crippen LogP contribution in [-0.2, 0) is 5.75 Å². The average molecular weight is 301 g/mol. The van der Waals surface area contributed by atoms with E-state index in [1.807, 2.05) is 34.6 Å². The van der Waals surface area contributed by atoms with E-state index in [2.05, 4.69) is 9.97 Å². The van der Waals surface area contributed by atoms with Gasteiger partial charge in [0.2, 0.25) is 0 Å². The maximum absolute atomic E-state index is 5.40. The zero-order chi connectivity index (χ0) is 14.7. The van der Waals surface area contributed by atoms with Crippen molar-refractivity contribution in [3.8, 4) is 11.5 Å². The summed E-state index contributed by atoms with van der Waals surface area (Å²) in [7, 11) is 3.25. The van der Waals surface area contributed by atoms with Gasteiger partial charge in [-0.05, 0) is 24.1 Å². The summed E-state index contributed by atoms with van der Waals surface area (Å²) < 4.78 is 12.7. The molecule has 0 fully saturated rings. The second kappa shape index (κ2) is 6.05. The Hall–Kier alpha value is -2.21. The van der Waals surface area contributed by atoms with Crippen molar-refractivity contribution in [1.29, 1.82) is 0 Å². The highest BCUT2D eigenvalue weighted by atomic mass is 32.2. The van der Waals surface area contributed by atoms with Crippen LogP contribution in [0.1, 0.15) is 5.69 Å². The summed E-state index contributed by atoms with van der Waals surface area (Å²) >= 11 is 1.61. The molecule has 2 heterocycles. The second-order valence-electron chi connectivity index (χ2n) is 4.33. The molecule has 0 atom stereocenters. The number of imidazole rings is 1. The molecule has 0 saturated carbocycles. The summed E-state index contributed by atoms with van der Waals surface area (Å²) in [4.78, 5) is 8.75. The van der Waals surface area contributed by atoms with Gasteiger partial charge in [-0.3, -0.25) is 8.96 Å². The standard InChI is InChI=1S/C15H15N3O2S/c1-19-14-7-8-16-12(15(14)20-2)9-21-18-10-17-11-5-3-4-6-13(11)18/h3-8,10H,9H2,1-2H3. The van der Waals surface area contributed by atoms with Gasteiger partial charge in [0.15, 0.2) is 11.5 Å². The van der Waals surface area contributed by atoms with Crippen LogP contribution < -0.4 is 9.47 Å². The van der Waals surface area contributed by atoms with Gasteiger partial charge in [-0.25, -0.2) is 4.98 Å². The summed E-state index contributed by atoms with van der Waals surface area (Å²) in [6.45, 7) is 0. The highest BCUT2D eigenvalue weighted by Crippen LogP contribution is 2.32. The van der Waals surface area contributed by atoms with E-state index in [0.717, 1.165) is 16.7 Å². The first-order chi connectivity index (χ1) is 10.3. The molecule has 21 heavy (non-hydrogen) atoms. The van der Waals surface area contributed by atoms with Crippen LogP contribution in [0.3, 0.4) is 0 Å². The molecule has 0 aliphatic carbocycles. The molecule has 5 nitrogen and oxygen atoms in total. The lowest BCUT2D eigenvalue weighted by Gasteiger charge is -2.11. The van der Waals surface area contributed by atoms with Crippen LogP contribution in [0.4, 0.5) is 0 Å². The average Bonchev–Trinajstić information content (AvgIpc) is 2.95. The summed E-state index contributed by atoms with van der Waals surface area (Å²) in [5.74, 6) is 2.04. The molecule has 0 aliphatic heterocycles. The van der Waals surface area contributed by atoms with E-state index in [1.54, 1.807) is 38.4 Å². The minimum absolute atomic E-state index is 0.667. The van der Waals surface area contributed by atoms with E-state index >= 15 is 0 Å². The van der Waals surface area contributed by atoms with Crippen LogP contribution in [-0.4, -0.2) is 28.2 Å². The zero-order valence-corrected chi connectivity index (χ0v) is 12.6. The lowest BCUT2D eigenvalue weighted by atomic mass is 10.3. The number of rotatable bonds is 5. The van der Waals surface area contributed by atoms with E-state index in [-0.39, 0.29) is 0 Å². The molecule has 0 saturated heterocycles. The topological polar surface area (TPSA) is 49.2 Å². The summed E-state index contributed by atoms with van der Waals surface area (Å²) in [6, 6.07) is 9.82. The molecule has 0 spiro atoms. The molecule has 0 N–H and O–H groups in total. The number of fused-ring (bicyclic) bond motifs is 1. The third-order valence-electron chi connectivity index (χ3n) is 3.13. The Labute approximate surface area is 127 Å². The van der Waals surface area contributed by atoms with E-state index in [1.165, 1.54) is 0 Å². The number of para-hydroxylation sites is 2. The number of nitrogens with zero attached hydrogens (tertiary/aromatic N) is 3. The fourth-order valence-corrected chi connectivity index (χ4v) is 3.00. The van der Waals surface area contributed by atoms with Crippen molar-refractivity contribution < 1.29 is 9.47 Å². The van der Waals surface area contributed by atoms with Gasteiger partial charge in [0.1, 0.15) is 6.33 Å². The molecule has 0 bridgehead atoms. The van der Waals surface area contributed by atoms with E-state index in [0.29, 0.717) is 17.3 Å². The highest BCUT2D eigenvalue weighted by molar-refractivity contribution is 7.97. The molecule has 3 aromatic rings. The van der Waals surface area contributed by atoms with Gasteiger partial charge in [-0.1, -0.05) is 12.1 Å². The van der Waals surface area contributed by atoms with Gasteiger partial charge in [0.05, 0.1) is 36.7 Å². The number of hydrogen-bond acceptors (Lipinski definition) is 5. The lowest BCUT2D eigenvalue weighted by Crippen LogP contribution is -1.98. The Morgan fingerprint density at radius 1 is 1.10 bits per heavy atom. The van der Waals surface area contributed by atoms with Crippen molar-refractivity contribution in [3.63, 3.8) is 0 Å². The Morgan fingerprint density at radius 2 is 1.95 bits per heavy atom. The van der Waals surface area contributed by atoms with Crippen molar-refractivity contribution in [1.82, 2.24) is 13.9 Å². The summed E-state index contributed by atoms with van der Waals surface area (Å²) in [5, 5.41) is 0. The Kier molecular flexibility index (Phi) is 3.96. The molecule has 2 aromatic heterocycles. The van der Waals surface area contributed by atoms with Gasteiger partial charge in [-0.2, -0.15) is 0 Å². The van der Waals surface area contributed by atoms with Crippen molar-refractivity contribution in [2.24, 2.45) is 0 Å². The van der Waals surface area contributed by atoms with E-state index in [4.69, 9.17) is 9.47 Å². The number of benzene rings is 1. The van der Waals surface area contributed by atoms with Crippen LogP contribution in [0, 0.1) is 0 Å². The van der Waals surface area contributed by atoms with Crippen molar-refractivity contribution in [2.75, 3.05) is 14.2 Å². The smallest absolute Gasteiger partial charge is 0.183 e. The van der Waals surface area contributed by atoms with Crippen LogP contribution in [0.2, 0.25) is 0 Å². The molecule has 3 rings (SSSR count). The summed E-state index contributed by atoms with van der Waals surface area (Å²) in [5.41, 5.74) is 2.92. The molecule has 0 unspecified atom stereocenters. The van der Waals surface area contributed by atoms with E-state index < -0.39 is 0 Å². The van der Waals surface area contributed by atoms with E-state index in [9.17, 15) is 0 Å². The predicted octanol–water partition coefficient (Wildman–Crippen LogP) is 3.15.